The van der Waals surface area contributed by atoms with Gasteiger partial charge in [0.2, 0.25) is 11.7 Å². The van der Waals surface area contributed by atoms with Crippen LogP contribution in [0, 0.1) is 0 Å². The molecule has 0 bridgehead atoms. The second kappa shape index (κ2) is 5.41. The molecule has 20 heavy (non-hydrogen) atoms. The fourth-order valence-electron chi connectivity index (χ4n) is 2.37. The van der Waals surface area contributed by atoms with Gasteiger partial charge < -0.3 is 4.74 Å². The molecule has 4 heteroatoms. The molecule has 3 rings (SSSR count). The molecule has 0 amide bonds. The van der Waals surface area contributed by atoms with Gasteiger partial charge in [0.25, 0.3) is 0 Å². The minimum absolute atomic E-state index is 0.0960. The first-order chi connectivity index (χ1) is 9.78. The Balaban J connectivity index is 1.85. The first-order valence-electron chi connectivity index (χ1n) is 6.80. The van der Waals surface area contributed by atoms with Crippen molar-refractivity contribution in [2.45, 2.75) is 25.2 Å². The first-order valence-corrected chi connectivity index (χ1v) is 6.80. The second-order valence-corrected chi connectivity index (χ2v) is 5.04. The molecule has 1 heterocycles. The molecule has 0 atom stereocenters. The molecule has 0 aliphatic heterocycles. The lowest BCUT2D eigenvalue weighted by Gasteiger charge is -2.26. The zero-order valence-electron chi connectivity index (χ0n) is 11.4. The van der Waals surface area contributed by atoms with Gasteiger partial charge >= 0.3 is 0 Å². The summed E-state index contributed by atoms with van der Waals surface area (Å²) in [5, 5.41) is 7.75. The van der Waals surface area contributed by atoms with Crippen molar-refractivity contribution in [3.8, 4) is 5.88 Å². The van der Waals surface area contributed by atoms with Gasteiger partial charge in [-0.05, 0) is 36.5 Å². The summed E-state index contributed by atoms with van der Waals surface area (Å²) in [6.45, 7) is 0. The summed E-state index contributed by atoms with van der Waals surface area (Å²) in [7, 11) is 1.52. The molecular formula is C16H16N2O2. The monoisotopic (exact) mass is 268 g/mol. The topological polar surface area (TPSA) is 52.1 Å². The Morgan fingerprint density at radius 2 is 2.05 bits per heavy atom. The van der Waals surface area contributed by atoms with Crippen LogP contribution in [0.2, 0.25) is 0 Å². The highest BCUT2D eigenvalue weighted by Crippen LogP contribution is 2.36. The standard InChI is InChI=1S/C16H16N2O2/c1-20-15-9-8-14(17-18-15)16(19)13-7-3-6-12(10-13)11-4-2-5-11/h3,6-11H,2,4-5H2,1H3. The van der Waals surface area contributed by atoms with Crippen LogP contribution >= 0.6 is 0 Å². The van der Waals surface area contributed by atoms with Crippen LogP contribution in [0.15, 0.2) is 36.4 Å². The maximum Gasteiger partial charge on any atom is 0.233 e. The summed E-state index contributed by atoms with van der Waals surface area (Å²) in [5.74, 6) is 0.927. The molecule has 102 valence electrons. The summed E-state index contributed by atoms with van der Waals surface area (Å²) in [4.78, 5) is 12.4. The van der Waals surface area contributed by atoms with Gasteiger partial charge in [0.05, 0.1) is 7.11 Å². The highest BCUT2D eigenvalue weighted by Gasteiger charge is 2.20. The van der Waals surface area contributed by atoms with E-state index in [-0.39, 0.29) is 5.78 Å². The number of rotatable bonds is 4. The van der Waals surface area contributed by atoms with E-state index in [2.05, 4.69) is 16.3 Å². The molecule has 2 aromatic rings. The Hall–Kier alpha value is -2.23. The van der Waals surface area contributed by atoms with Gasteiger partial charge in [-0.15, -0.1) is 10.2 Å². The Morgan fingerprint density at radius 3 is 2.65 bits per heavy atom. The number of aromatic nitrogens is 2. The minimum atomic E-state index is -0.0960. The molecule has 1 aromatic heterocycles. The van der Waals surface area contributed by atoms with Crippen LogP contribution in [0.4, 0.5) is 0 Å². The second-order valence-electron chi connectivity index (χ2n) is 5.04. The Bertz CT molecular complexity index is 619. The summed E-state index contributed by atoms with van der Waals surface area (Å²) < 4.78 is 4.94. The molecule has 4 nitrogen and oxygen atoms in total. The molecule has 1 saturated carbocycles. The van der Waals surface area contributed by atoms with E-state index in [0.29, 0.717) is 23.1 Å². The number of benzene rings is 1. The summed E-state index contributed by atoms with van der Waals surface area (Å²) in [6, 6.07) is 11.1. The quantitative estimate of drug-likeness (QED) is 0.800. The zero-order valence-corrected chi connectivity index (χ0v) is 11.4. The van der Waals surface area contributed by atoms with E-state index in [4.69, 9.17) is 4.74 Å². The van der Waals surface area contributed by atoms with Crippen molar-refractivity contribution < 1.29 is 9.53 Å². The molecule has 1 aromatic carbocycles. The van der Waals surface area contributed by atoms with E-state index in [1.54, 1.807) is 12.1 Å². The van der Waals surface area contributed by atoms with Gasteiger partial charge in [-0.1, -0.05) is 24.6 Å². The lowest BCUT2D eigenvalue weighted by molar-refractivity contribution is 0.103. The first kappa shape index (κ1) is 12.8. The smallest absolute Gasteiger partial charge is 0.233 e. The number of ether oxygens (including phenoxy) is 1. The molecule has 0 spiro atoms. The Labute approximate surface area is 117 Å². The van der Waals surface area contributed by atoms with E-state index in [0.717, 1.165) is 0 Å². The lowest BCUT2D eigenvalue weighted by atomic mass is 9.79. The number of carbonyl (C=O) groups excluding carboxylic acids is 1. The van der Waals surface area contributed by atoms with Gasteiger partial charge in [0.15, 0.2) is 0 Å². The highest BCUT2D eigenvalue weighted by molar-refractivity contribution is 6.07. The number of nitrogens with zero attached hydrogens (tertiary/aromatic N) is 2. The minimum Gasteiger partial charge on any atom is -0.480 e. The van der Waals surface area contributed by atoms with Crippen LogP contribution in [0.1, 0.15) is 46.8 Å². The van der Waals surface area contributed by atoms with Crippen LogP contribution in [0.25, 0.3) is 0 Å². The van der Waals surface area contributed by atoms with Crippen LogP contribution < -0.4 is 4.74 Å². The van der Waals surface area contributed by atoms with E-state index < -0.39 is 0 Å². The van der Waals surface area contributed by atoms with E-state index in [1.807, 2.05) is 18.2 Å². The molecule has 1 fully saturated rings. The van der Waals surface area contributed by atoms with Crippen molar-refractivity contribution in [3.05, 3.63) is 53.2 Å². The largest absolute Gasteiger partial charge is 0.480 e. The summed E-state index contributed by atoms with van der Waals surface area (Å²) >= 11 is 0. The number of carbonyl (C=O) groups is 1. The van der Waals surface area contributed by atoms with Crippen molar-refractivity contribution in [2.24, 2.45) is 0 Å². The summed E-state index contributed by atoms with van der Waals surface area (Å²) in [5.41, 5.74) is 2.27. The maximum atomic E-state index is 12.4. The fourth-order valence-corrected chi connectivity index (χ4v) is 2.37. The molecule has 0 N–H and O–H groups in total. The highest BCUT2D eigenvalue weighted by atomic mass is 16.5. The van der Waals surface area contributed by atoms with E-state index in [1.165, 1.54) is 31.9 Å². The molecular weight excluding hydrogens is 252 g/mol. The van der Waals surface area contributed by atoms with Gasteiger partial charge in [-0.25, -0.2) is 0 Å². The molecule has 1 aliphatic carbocycles. The van der Waals surface area contributed by atoms with Gasteiger partial charge in [-0.3, -0.25) is 4.79 Å². The Kier molecular flexibility index (Phi) is 3.46. The van der Waals surface area contributed by atoms with Crippen molar-refractivity contribution in [1.82, 2.24) is 10.2 Å². The summed E-state index contributed by atoms with van der Waals surface area (Å²) in [6.07, 6.45) is 3.73. The maximum absolute atomic E-state index is 12.4. The number of ketones is 1. The third kappa shape index (κ3) is 2.41. The van der Waals surface area contributed by atoms with Gasteiger partial charge in [0.1, 0.15) is 5.69 Å². The lowest BCUT2D eigenvalue weighted by Crippen LogP contribution is -2.11. The predicted molar refractivity (Wildman–Crippen MR) is 75.1 cm³/mol. The molecule has 0 radical (unpaired) electrons. The SMILES string of the molecule is COc1ccc(C(=O)c2cccc(C3CCC3)c2)nn1. The van der Waals surface area contributed by atoms with Crippen LogP contribution in [0.5, 0.6) is 5.88 Å². The Morgan fingerprint density at radius 1 is 1.20 bits per heavy atom. The van der Waals surface area contributed by atoms with Crippen LogP contribution in [-0.4, -0.2) is 23.1 Å². The number of methoxy groups -OCH3 is 1. The molecule has 0 saturated heterocycles. The van der Waals surface area contributed by atoms with Crippen LogP contribution in [0.3, 0.4) is 0 Å². The molecule has 1 aliphatic rings. The average Bonchev–Trinajstić information content (AvgIpc) is 2.45. The predicted octanol–water partition coefficient (Wildman–Crippen LogP) is 2.98. The fraction of sp³-hybridized carbons (Fsp3) is 0.312. The third-order valence-corrected chi connectivity index (χ3v) is 3.81. The zero-order chi connectivity index (χ0) is 13.9. The van der Waals surface area contributed by atoms with Crippen molar-refractivity contribution in [2.75, 3.05) is 7.11 Å². The number of hydrogen-bond acceptors (Lipinski definition) is 4. The van der Waals surface area contributed by atoms with Crippen molar-refractivity contribution in [3.63, 3.8) is 0 Å². The number of hydrogen-bond donors (Lipinski definition) is 0. The van der Waals surface area contributed by atoms with Gasteiger partial charge in [0, 0.05) is 11.6 Å². The van der Waals surface area contributed by atoms with Crippen LogP contribution in [-0.2, 0) is 0 Å². The van der Waals surface area contributed by atoms with E-state index in [9.17, 15) is 4.79 Å². The normalized spacial score (nSPS) is 14.7. The van der Waals surface area contributed by atoms with E-state index >= 15 is 0 Å². The average molecular weight is 268 g/mol. The van der Waals surface area contributed by atoms with Gasteiger partial charge in [-0.2, -0.15) is 0 Å². The third-order valence-electron chi connectivity index (χ3n) is 3.81. The molecule has 0 unspecified atom stereocenters. The van der Waals surface area contributed by atoms with Crippen molar-refractivity contribution in [1.29, 1.82) is 0 Å². The van der Waals surface area contributed by atoms with Crippen molar-refractivity contribution >= 4 is 5.78 Å².